The predicted molar refractivity (Wildman–Crippen MR) is 288 cm³/mol. The summed E-state index contributed by atoms with van der Waals surface area (Å²) in [5.41, 5.74) is 0. The first kappa shape index (κ1) is 63.8. The normalized spacial score (nSPS) is 12.6. The highest BCUT2D eigenvalue weighted by molar-refractivity contribution is 5.71. The van der Waals surface area contributed by atoms with Crippen molar-refractivity contribution in [1.82, 2.24) is 0 Å². The summed E-state index contributed by atoms with van der Waals surface area (Å²) < 4.78 is 16.8. The monoisotopic (exact) mass is 935 g/mol. The summed E-state index contributed by atoms with van der Waals surface area (Å²) in [6.45, 7) is 6.57. The molecule has 1 atom stereocenters. The summed E-state index contributed by atoms with van der Waals surface area (Å²) in [5.74, 6) is -0.929. The Balaban J connectivity index is 4.44. The maximum absolute atomic E-state index is 12.8. The molecule has 0 aromatic rings. The Labute approximate surface area is 414 Å². The average molecular weight is 936 g/mol. The molecule has 0 aromatic carbocycles. The highest BCUT2D eigenvalue weighted by Crippen LogP contribution is 2.14. The molecule has 0 spiro atoms. The number of rotatable bonds is 51. The zero-order chi connectivity index (χ0) is 48.6. The molecule has 0 bridgehead atoms. The van der Waals surface area contributed by atoms with E-state index in [4.69, 9.17) is 14.2 Å². The van der Waals surface area contributed by atoms with Crippen molar-refractivity contribution in [3.63, 3.8) is 0 Å². The number of unbranched alkanes of at least 4 members (excludes halogenated alkanes) is 28. The van der Waals surface area contributed by atoms with E-state index in [-0.39, 0.29) is 31.1 Å². The molecule has 0 aromatic heterocycles. The number of esters is 3. The van der Waals surface area contributed by atoms with Crippen LogP contribution in [0, 0.1) is 0 Å². The Morgan fingerprint density at radius 1 is 0.299 bits per heavy atom. The predicted octanol–water partition coefficient (Wildman–Crippen LogP) is 19.0. The Hall–Kier alpha value is -3.15. The van der Waals surface area contributed by atoms with Gasteiger partial charge in [0.05, 0.1) is 0 Å². The maximum atomic E-state index is 12.8. The summed E-state index contributed by atoms with van der Waals surface area (Å²) in [6, 6.07) is 0. The van der Waals surface area contributed by atoms with E-state index in [2.05, 4.69) is 93.7 Å². The first-order valence-electron chi connectivity index (χ1n) is 28.4. The van der Waals surface area contributed by atoms with E-state index in [0.717, 1.165) is 89.9 Å². The van der Waals surface area contributed by atoms with Crippen LogP contribution in [0.4, 0.5) is 0 Å². The van der Waals surface area contributed by atoms with Crippen LogP contribution in [0.2, 0.25) is 0 Å². The number of carbonyl (C=O) groups excluding carboxylic acids is 3. The van der Waals surface area contributed by atoms with Gasteiger partial charge in [-0.1, -0.05) is 216 Å². The first-order valence-corrected chi connectivity index (χ1v) is 28.4. The van der Waals surface area contributed by atoms with Crippen LogP contribution < -0.4 is 0 Å². The van der Waals surface area contributed by atoms with Gasteiger partial charge in [-0.25, -0.2) is 0 Å². The molecule has 0 amide bonds. The Morgan fingerprint density at radius 2 is 0.537 bits per heavy atom. The van der Waals surface area contributed by atoms with Crippen LogP contribution in [-0.2, 0) is 28.6 Å². The molecule has 0 rings (SSSR count). The fourth-order valence-electron chi connectivity index (χ4n) is 7.83. The van der Waals surface area contributed by atoms with Gasteiger partial charge in [0, 0.05) is 19.3 Å². The van der Waals surface area contributed by atoms with Gasteiger partial charge in [0.1, 0.15) is 13.2 Å². The van der Waals surface area contributed by atoms with E-state index < -0.39 is 6.10 Å². The minimum Gasteiger partial charge on any atom is -0.462 e. The van der Waals surface area contributed by atoms with E-state index in [1.807, 2.05) is 0 Å². The lowest BCUT2D eigenvalue weighted by molar-refractivity contribution is -0.167. The van der Waals surface area contributed by atoms with E-state index in [1.54, 1.807) is 0 Å². The molecule has 0 aliphatic rings. The molecular weight excluding hydrogens is 829 g/mol. The molecule has 0 radical (unpaired) electrons. The van der Waals surface area contributed by atoms with E-state index in [0.29, 0.717) is 19.3 Å². The topological polar surface area (TPSA) is 78.9 Å². The highest BCUT2D eigenvalue weighted by atomic mass is 16.6. The van der Waals surface area contributed by atoms with Gasteiger partial charge < -0.3 is 14.2 Å². The van der Waals surface area contributed by atoms with Crippen LogP contribution >= 0.6 is 0 Å². The number of ether oxygens (including phenoxy) is 3. The van der Waals surface area contributed by atoms with E-state index in [1.165, 1.54) is 148 Å². The van der Waals surface area contributed by atoms with Gasteiger partial charge in [0.2, 0.25) is 0 Å². The summed E-state index contributed by atoms with van der Waals surface area (Å²) >= 11 is 0. The van der Waals surface area contributed by atoms with Gasteiger partial charge in [-0.2, -0.15) is 0 Å². The van der Waals surface area contributed by atoms with Crippen LogP contribution in [0.15, 0.2) is 72.9 Å². The van der Waals surface area contributed by atoms with Crippen molar-refractivity contribution < 1.29 is 28.6 Å². The fraction of sp³-hybridized carbons (Fsp3) is 0.754. The second-order valence-electron chi connectivity index (χ2n) is 18.8. The zero-order valence-corrected chi connectivity index (χ0v) is 44.2. The minimum absolute atomic E-state index is 0.0913. The van der Waals surface area contributed by atoms with Gasteiger partial charge in [-0.05, 0) is 116 Å². The third-order valence-corrected chi connectivity index (χ3v) is 12.2. The molecule has 0 saturated carbocycles. The number of allylic oxidation sites excluding steroid dienone is 12. The molecule has 0 aliphatic carbocycles. The van der Waals surface area contributed by atoms with Gasteiger partial charge in [0.15, 0.2) is 6.10 Å². The summed E-state index contributed by atoms with van der Waals surface area (Å²) in [6.07, 6.45) is 70.3. The maximum Gasteiger partial charge on any atom is 0.306 e. The van der Waals surface area contributed by atoms with Crippen LogP contribution in [0.1, 0.15) is 278 Å². The lowest BCUT2D eigenvalue weighted by Gasteiger charge is -2.18. The highest BCUT2D eigenvalue weighted by Gasteiger charge is 2.19. The van der Waals surface area contributed by atoms with Crippen molar-refractivity contribution in [3.8, 4) is 0 Å². The lowest BCUT2D eigenvalue weighted by atomic mass is 10.1. The van der Waals surface area contributed by atoms with Crippen LogP contribution in [0.5, 0.6) is 0 Å². The second kappa shape index (κ2) is 55.4. The fourth-order valence-corrected chi connectivity index (χ4v) is 7.83. The molecular formula is C61H106O6. The molecule has 6 heteroatoms. The number of hydrogen-bond acceptors (Lipinski definition) is 6. The summed E-state index contributed by atoms with van der Waals surface area (Å²) in [4.78, 5) is 38.1. The van der Waals surface area contributed by atoms with Gasteiger partial charge in [0.25, 0.3) is 0 Å². The smallest absolute Gasteiger partial charge is 0.306 e. The SMILES string of the molecule is CCCCC/C=C/C/C=C/C/C=C/C/C=C/CCCCCC(=O)OC[C@@H](COC(=O)CCCCCCC/C=C/CCCCCC)OC(=O)CCCCCCCCC/C=C/CCCCCCCC. The largest absolute Gasteiger partial charge is 0.462 e. The second-order valence-corrected chi connectivity index (χ2v) is 18.8. The third kappa shape index (κ3) is 53.7. The summed E-state index contributed by atoms with van der Waals surface area (Å²) in [5, 5.41) is 0. The molecule has 0 unspecified atom stereocenters. The van der Waals surface area contributed by atoms with Gasteiger partial charge in [-0.15, -0.1) is 0 Å². The molecule has 0 aliphatic heterocycles. The van der Waals surface area contributed by atoms with Crippen LogP contribution in [-0.4, -0.2) is 37.2 Å². The number of carbonyl (C=O) groups is 3. The van der Waals surface area contributed by atoms with Gasteiger partial charge >= 0.3 is 17.9 Å². The number of hydrogen-bond donors (Lipinski definition) is 0. The molecule has 0 saturated heterocycles. The average Bonchev–Trinajstić information content (AvgIpc) is 3.33. The first-order chi connectivity index (χ1) is 33.0. The van der Waals surface area contributed by atoms with Crippen molar-refractivity contribution in [2.45, 2.75) is 284 Å². The standard InChI is InChI=1S/C61H106O6/c1-4-7-10-13-16-19-22-25-27-29-30-32-33-36-39-42-45-48-51-54-60(63)66-57-58(56-65-59(62)53-50-47-44-41-38-35-24-21-18-15-12-9-6-3)67-61(64)55-52-49-46-43-40-37-34-31-28-26-23-20-17-14-11-8-5-2/h16,19,21,24-28,30,32,36,39,58H,4-15,17-18,20,22-23,29,31,33-35,37-38,40-57H2,1-3H3/b19-16+,24-21+,27-25+,28-26+,32-30+,39-36+/t58-/m1/s1. The van der Waals surface area contributed by atoms with Crippen LogP contribution in [0.3, 0.4) is 0 Å². The lowest BCUT2D eigenvalue weighted by Crippen LogP contribution is -2.30. The Morgan fingerprint density at radius 3 is 0.910 bits per heavy atom. The molecule has 6 nitrogen and oxygen atoms in total. The van der Waals surface area contributed by atoms with Crippen molar-refractivity contribution in [2.75, 3.05) is 13.2 Å². The summed E-state index contributed by atoms with van der Waals surface area (Å²) in [7, 11) is 0. The zero-order valence-electron chi connectivity index (χ0n) is 44.2. The van der Waals surface area contributed by atoms with Crippen molar-refractivity contribution in [3.05, 3.63) is 72.9 Å². The third-order valence-electron chi connectivity index (χ3n) is 12.2. The molecule has 67 heavy (non-hydrogen) atoms. The van der Waals surface area contributed by atoms with Crippen molar-refractivity contribution in [1.29, 1.82) is 0 Å². The van der Waals surface area contributed by atoms with Gasteiger partial charge in [-0.3, -0.25) is 14.4 Å². The van der Waals surface area contributed by atoms with Crippen molar-refractivity contribution >= 4 is 17.9 Å². The Kier molecular flexibility index (Phi) is 52.8. The quantitative estimate of drug-likeness (QED) is 0.0262. The van der Waals surface area contributed by atoms with Crippen molar-refractivity contribution in [2.24, 2.45) is 0 Å². The van der Waals surface area contributed by atoms with E-state index >= 15 is 0 Å². The van der Waals surface area contributed by atoms with Crippen LogP contribution in [0.25, 0.3) is 0 Å². The molecule has 0 heterocycles. The minimum atomic E-state index is -0.794. The molecule has 0 N–H and O–H groups in total. The molecule has 386 valence electrons. The van der Waals surface area contributed by atoms with E-state index in [9.17, 15) is 14.4 Å². The molecule has 0 fully saturated rings. The Bertz CT molecular complexity index is 1260.